The Balaban J connectivity index is 1.58. The van der Waals surface area contributed by atoms with Crippen molar-refractivity contribution in [2.75, 3.05) is 23.5 Å². The highest BCUT2D eigenvalue weighted by Gasteiger charge is 2.65. The molecule has 3 aromatic carbocycles. The van der Waals surface area contributed by atoms with Crippen LogP contribution in [0.1, 0.15) is 28.6 Å². The molecule has 0 fully saturated rings. The van der Waals surface area contributed by atoms with Gasteiger partial charge in [-0.3, -0.25) is 19.3 Å². The van der Waals surface area contributed by atoms with E-state index in [1.165, 1.54) is 27.2 Å². The third kappa shape index (κ3) is 2.80. The van der Waals surface area contributed by atoms with Crippen molar-refractivity contribution in [3.8, 4) is 5.75 Å². The molecule has 2 aliphatic rings. The van der Waals surface area contributed by atoms with E-state index >= 15 is 0 Å². The van der Waals surface area contributed by atoms with E-state index in [1.807, 2.05) is 13.0 Å². The molecule has 2 aliphatic heterocycles. The molecule has 0 N–H and O–H groups in total. The standard InChI is InChI=1S/C28H18ClN3O5S/c1-3-36-15-9-10-18-21(13-15)38-27(30-18)32-25(34)24-22(23(33)16-12-14(29)8-11-20(16)37-24)28(32)17-6-4-5-7-19(17)31(2)26(28)35/h4-13H,3H2,1-2H3. The van der Waals surface area contributed by atoms with E-state index in [-0.39, 0.29) is 27.4 Å². The van der Waals surface area contributed by atoms with Crippen LogP contribution >= 0.6 is 22.9 Å². The van der Waals surface area contributed by atoms with Crippen molar-refractivity contribution in [2.24, 2.45) is 0 Å². The van der Waals surface area contributed by atoms with Crippen molar-refractivity contribution in [3.63, 3.8) is 0 Å². The Labute approximate surface area is 224 Å². The number of para-hydroxylation sites is 1. The Morgan fingerprint density at radius 2 is 1.89 bits per heavy atom. The van der Waals surface area contributed by atoms with Crippen LogP contribution in [0.15, 0.2) is 69.9 Å². The topological polar surface area (TPSA) is 93.0 Å². The number of fused-ring (bicyclic) bond motifs is 6. The number of benzene rings is 3. The van der Waals surface area contributed by atoms with Gasteiger partial charge in [-0.15, -0.1) is 0 Å². The fourth-order valence-electron chi connectivity index (χ4n) is 5.48. The van der Waals surface area contributed by atoms with Gasteiger partial charge in [-0.1, -0.05) is 41.1 Å². The van der Waals surface area contributed by atoms with Crippen LogP contribution in [0.25, 0.3) is 21.2 Å². The van der Waals surface area contributed by atoms with Crippen molar-refractivity contribution in [2.45, 2.75) is 12.5 Å². The first-order chi connectivity index (χ1) is 18.4. The second-order valence-electron chi connectivity index (χ2n) is 9.07. The van der Waals surface area contributed by atoms with Gasteiger partial charge in [-0.25, -0.2) is 4.98 Å². The van der Waals surface area contributed by atoms with Gasteiger partial charge < -0.3 is 14.1 Å². The molecule has 2 amide bonds. The number of anilines is 2. The highest BCUT2D eigenvalue weighted by molar-refractivity contribution is 7.22. The summed E-state index contributed by atoms with van der Waals surface area (Å²) in [5, 5.41) is 0.798. The van der Waals surface area contributed by atoms with Crippen LogP contribution in [0, 0.1) is 0 Å². The van der Waals surface area contributed by atoms with Crippen LogP contribution in [0.5, 0.6) is 5.75 Å². The Morgan fingerprint density at radius 3 is 2.71 bits per heavy atom. The molecular formula is C28H18ClN3O5S. The molecule has 38 heavy (non-hydrogen) atoms. The van der Waals surface area contributed by atoms with E-state index in [2.05, 4.69) is 0 Å². The van der Waals surface area contributed by atoms with E-state index in [0.29, 0.717) is 34.1 Å². The van der Waals surface area contributed by atoms with Crippen LogP contribution in [-0.4, -0.2) is 30.5 Å². The largest absolute Gasteiger partial charge is 0.494 e. The molecular weight excluding hydrogens is 526 g/mol. The SMILES string of the molecule is CCOc1ccc2nc(N3C(=O)c4oc5ccc(Cl)cc5c(=O)c4C34C(=O)N(C)c3ccccc34)sc2c1. The highest BCUT2D eigenvalue weighted by Crippen LogP contribution is 2.54. The molecule has 2 aromatic heterocycles. The van der Waals surface area contributed by atoms with Crippen molar-refractivity contribution in [3.05, 3.63) is 92.8 Å². The van der Waals surface area contributed by atoms with Crippen molar-refractivity contribution < 1.29 is 18.7 Å². The predicted molar refractivity (Wildman–Crippen MR) is 146 cm³/mol. The van der Waals surface area contributed by atoms with Gasteiger partial charge in [0, 0.05) is 23.3 Å². The molecule has 1 spiro atoms. The van der Waals surface area contributed by atoms with Crippen LogP contribution in [0.3, 0.4) is 0 Å². The molecule has 0 bridgehead atoms. The lowest BCUT2D eigenvalue weighted by Crippen LogP contribution is -2.53. The number of thiazole rings is 1. The fraction of sp³-hybridized carbons (Fsp3) is 0.143. The zero-order chi connectivity index (χ0) is 26.3. The first-order valence-corrected chi connectivity index (χ1v) is 13.1. The molecule has 5 aromatic rings. The fourth-order valence-corrected chi connectivity index (χ4v) is 6.70. The maximum absolute atomic E-state index is 14.3. The molecule has 0 radical (unpaired) electrons. The van der Waals surface area contributed by atoms with E-state index in [1.54, 1.807) is 55.6 Å². The number of hydrogen-bond acceptors (Lipinski definition) is 7. The smallest absolute Gasteiger partial charge is 0.297 e. The maximum atomic E-state index is 14.3. The molecule has 0 saturated heterocycles. The van der Waals surface area contributed by atoms with Gasteiger partial charge in [-0.05, 0) is 49.4 Å². The Morgan fingerprint density at radius 1 is 1.08 bits per heavy atom. The minimum absolute atomic E-state index is 0.0340. The number of rotatable bonds is 3. The number of hydrogen-bond donors (Lipinski definition) is 0. The molecule has 0 aliphatic carbocycles. The molecule has 188 valence electrons. The van der Waals surface area contributed by atoms with Gasteiger partial charge in [0.15, 0.2) is 16.1 Å². The van der Waals surface area contributed by atoms with Crippen LogP contribution in [-0.2, 0) is 10.3 Å². The average Bonchev–Trinajstić information content (AvgIpc) is 3.51. The minimum Gasteiger partial charge on any atom is -0.494 e. The summed E-state index contributed by atoms with van der Waals surface area (Å²) in [6.45, 7) is 2.40. The number of likely N-dealkylation sites (N-methyl/N-ethyl adjacent to an activating group) is 1. The van der Waals surface area contributed by atoms with E-state index in [4.69, 9.17) is 25.7 Å². The summed E-state index contributed by atoms with van der Waals surface area (Å²) in [5.74, 6) is -0.578. The van der Waals surface area contributed by atoms with E-state index < -0.39 is 22.8 Å². The number of ether oxygens (including phenoxy) is 1. The quantitative estimate of drug-likeness (QED) is 0.305. The third-order valence-electron chi connectivity index (χ3n) is 7.07. The first-order valence-electron chi connectivity index (χ1n) is 11.9. The van der Waals surface area contributed by atoms with Gasteiger partial charge in [0.25, 0.3) is 11.8 Å². The molecule has 1 unspecified atom stereocenters. The highest BCUT2D eigenvalue weighted by atomic mass is 35.5. The summed E-state index contributed by atoms with van der Waals surface area (Å²) in [7, 11) is 1.63. The second kappa shape index (κ2) is 7.89. The van der Waals surface area contributed by atoms with Gasteiger partial charge >= 0.3 is 0 Å². The first kappa shape index (κ1) is 22.9. The summed E-state index contributed by atoms with van der Waals surface area (Å²) in [4.78, 5) is 50.1. The molecule has 1 atom stereocenters. The zero-order valence-electron chi connectivity index (χ0n) is 20.1. The second-order valence-corrected chi connectivity index (χ2v) is 10.5. The van der Waals surface area contributed by atoms with Gasteiger partial charge in [0.05, 0.1) is 27.8 Å². The van der Waals surface area contributed by atoms with Gasteiger partial charge in [-0.2, -0.15) is 0 Å². The molecule has 7 rings (SSSR count). The minimum atomic E-state index is -1.79. The summed E-state index contributed by atoms with van der Waals surface area (Å²) < 4.78 is 12.5. The number of carbonyl (C=O) groups is 2. The summed E-state index contributed by atoms with van der Waals surface area (Å²) in [5.41, 5.74) is -0.370. The average molecular weight is 544 g/mol. The lowest BCUT2D eigenvalue weighted by molar-refractivity contribution is -0.121. The lowest BCUT2D eigenvalue weighted by atomic mass is 9.84. The number of carbonyl (C=O) groups excluding carboxylic acids is 2. The maximum Gasteiger partial charge on any atom is 0.297 e. The Hall–Kier alpha value is -4.21. The summed E-state index contributed by atoms with van der Waals surface area (Å²) >= 11 is 7.45. The molecule has 10 heteroatoms. The molecule has 8 nitrogen and oxygen atoms in total. The molecule has 0 saturated carbocycles. The Bertz CT molecular complexity index is 1910. The number of amides is 2. The monoisotopic (exact) mass is 543 g/mol. The number of aromatic nitrogens is 1. The predicted octanol–water partition coefficient (Wildman–Crippen LogP) is 5.34. The van der Waals surface area contributed by atoms with Crippen molar-refractivity contribution in [1.82, 2.24) is 4.98 Å². The van der Waals surface area contributed by atoms with Crippen LogP contribution in [0.2, 0.25) is 5.02 Å². The van der Waals surface area contributed by atoms with Crippen molar-refractivity contribution in [1.29, 1.82) is 0 Å². The van der Waals surface area contributed by atoms with Crippen LogP contribution < -0.4 is 20.0 Å². The number of nitrogens with zero attached hydrogens (tertiary/aromatic N) is 3. The lowest BCUT2D eigenvalue weighted by Gasteiger charge is -2.31. The molecule has 4 heterocycles. The number of halogens is 1. The van der Waals surface area contributed by atoms with E-state index in [9.17, 15) is 14.4 Å². The Kier molecular flexibility index (Phi) is 4.77. The van der Waals surface area contributed by atoms with Gasteiger partial charge in [0.2, 0.25) is 5.76 Å². The zero-order valence-corrected chi connectivity index (χ0v) is 21.7. The van der Waals surface area contributed by atoms with Crippen LogP contribution in [0.4, 0.5) is 10.8 Å². The van der Waals surface area contributed by atoms with Crippen molar-refractivity contribution >= 4 is 66.8 Å². The normalized spacial score (nSPS) is 18.2. The van der Waals surface area contributed by atoms with Gasteiger partial charge in [0.1, 0.15) is 11.3 Å². The third-order valence-corrected chi connectivity index (χ3v) is 8.31. The van der Waals surface area contributed by atoms with E-state index in [0.717, 1.165) is 4.70 Å². The summed E-state index contributed by atoms with van der Waals surface area (Å²) in [6, 6.07) is 17.2. The summed E-state index contributed by atoms with van der Waals surface area (Å²) in [6.07, 6.45) is 0.